The van der Waals surface area contributed by atoms with Gasteiger partial charge >= 0.3 is 0 Å². The van der Waals surface area contributed by atoms with Crippen molar-refractivity contribution >= 4 is 0 Å². The van der Waals surface area contributed by atoms with E-state index in [1.54, 1.807) is 6.07 Å². The first kappa shape index (κ1) is 14.0. The van der Waals surface area contributed by atoms with E-state index < -0.39 is 0 Å². The van der Waals surface area contributed by atoms with Crippen molar-refractivity contribution in [2.75, 3.05) is 39.8 Å². The topological polar surface area (TPSA) is 26.7 Å². The predicted octanol–water partition coefficient (Wildman–Crippen LogP) is 1.74. The third-order valence-electron chi connectivity index (χ3n) is 4.79. The van der Waals surface area contributed by atoms with Gasteiger partial charge in [0.15, 0.2) is 0 Å². The molecule has 0 unspecified atom stereocenters. The highest BCUT2D eigenvalue weighted by Crippen LogP contribution is 2.43. The van der Waals surface area contributed by atoms with Crippen LogP contribution in [-0.4, -0.2) is 54.7 Å². The van der Waals surface area contributed by atoms with E-state index in [1.807, 2.05) is 12.1 Å². The second kappa shape index (κ2) is 5.80. The molecule has 3 rings (SSSR count). The van der Waals surface area contributed by atoms with Gasteiger partial charge in [-0.3, -0.25) is 4.90 Å². The molecule has 2 aliphatic heterocycles. The molecule has 3 atom stereocenters. The fourth-order valence-corrected chi connectivity index (χ4v) is 4.02. The van der Waals surface area contributed by atoms with Crippen LogP contribution in [0.15, 0.2) is 24.3 Å². The zero-order valence-corrected chi connectivity index (χ0v) is 12.0. The average molecular weight is 278 g/mol. The highest BCUT2D eigenvalue weighted by molar-refractivity contribution is 5.23. The Morgan fingerprint density at radius 3 is 2.90 bits per heavy atom. The molecule has 1 aromatic rings. The lowest BCUT2D eigenvalue weighted by Crippen LogP contribution is -2.30. The standard InChI is InChI=1S/C16H23FN2O/c1-18-9-13-10-19(6-3-7-20)11-15(13)16(18)12-4-2-5-14(17)8-12/h2,4-5,8,13,15-16,20H,3,6-7,9-11H2,1H3/t13-,15+,16-/m0/s1. The monoisotopic (exact) mass is 278 g/mol. The molecule has 20 heavy (non-hydrogen) atoms. The molecular formula is C16H23FN2O. The number of rotatable bonds is 4. The summed E-state index contributed by atoms with van der Waals surface area (Å²) in [6.07, 6.45) is 0.847. The second-order valence-electron chi connectivity index (χ2n) is 6.20. The van der Waals surface area contributed by atoms with E-state index in [-0.39, 0.29) is 12.4 Å². The molecule has 0 bridgehead atoms. The normalized spacial score (nSPS) is 30.9. The molecule has 110 valence electrons. The summed E-state index contributed by atoms with van der Waals surface area (Å²) in [5, 5.41) is 8.96. The quantitative estimate of drug-likeness (QED) is 0.909. The smallest absolute Gasteiger partial charge is 0.123 e. The SMILES string of the molecule is CN1C[C@H]2CN(CCCO)C[C@H]2[C@@H]1c1cccc(F)c1. The highest BCUT2D eigenvalue weighted by Gasteiger charge is 2.45. The summed E-state index contributed by atoms with van der Waals surface area (Å²) < 4.78 is 13.5. The van der Waals surface area contributed by atoms with Gasteiger partial charge in [-0.05, 0) is 43.0 Å². The molecule has 4 heteroatoms. The fraction of sp³-hybridized carbons (Fsp3) is 0.625. The minimum Gasteiger partial charge on any atom is -0.396 e. The Balaban J connectivity index is 1.75. The predicted molar refractivity (Wildman–Crippen MR) is 76.9 cm³/mol. The Morgan fingerprint density at radius 2 is 2.15 bits per heavy atom. The minimum absolute atomic E-state index is 0.144. The number of hydrogen-bond donors (Lipinski definition) is 1. The van der Waals surface area contributed by atoms with E-state index in [1.165, 1.54) is 6.07 Å². The number of halogens is 1. The largest absolute Gasteiger partial charge is 0.396 e. The molecule has 2 fully saturated rings. The van der Waals surface area contributed by atoms with Gasteiger partial charge in [0.1, 0.15) is 5.82 Å². The summed E-state index contributed by atoms with van der Waals surface area (Å²) in [6, 6.07) is 7.38. The lowest BCUT2D eigenvalue weighted by atomic mass is 9.89. The summed E-state index contributed by atoms with van der Waals surface area (Å²) >= 11 is 0. The number of fused-ring (bicyclic) bond motifs is 1. The van der Waals surface area contributed by atoms with E-state index in [4.69, 9.17) is 5.11 Å². The molecular weight excluding hydrogens is 255 g/mol. The molecule has 2 saturated heterocycles. The first-order chi connectivity index (χ1) is 9.69. The van der Waals surface area contributed by atoms with Crippen LogP contribution in [-0.2, 0) is 0 Å². The molecule has 3 nitrogen and oxygen atoms in total. The van der Waals surface area contributed by atoms with Gasteiger partial charge in [0, 0.05) is 38.8 Å². The zero-order valence-electron chi connectivity index (χ0n) is 12.0. The van der Waals surface area contributed by atoms with E-state index in [0.29, 0.717) is 17.9 Å². The molecule has 0 saturated carbocycles. The van der Waals surface area contributed by atoms with Gasteiger partial charge in [0.05, 0.1) is 0 Å². The summed E-state index contributed by atoms with van der Waals surface area (Å²) in [7, 11) is 2.14. The van der Waals surface area contributed by atoms with Gasteiger partial charge < -0.3 is 10.0 Å². The maximum atomic E-state index is 13.5. The summed E-state index contributed by atoms with van der Waals surface area (Å²) in [6.45, 7) is 4.50. The Bertz CT molecular complexity index is 468. The van der Waals surface area contributed by atoms with Gasteiger partial charge in [-0.1, -0.05) is 12.1 Å². The van der Waals surface area contributed by atoms with Gasteiger partial charge in [-0.2, -0.15) is 0 Å². The van der Waals surface area contributed by atoms with Gasteiger partial charge in [0.2, 0.25) is 0 Å². The number of nitrogens with zero attached hydrogens (tertiary/aromatic N) is 2. The number of aliphatic hydroxyl groups is 1. The average Bonchev–Trinajstić information content (AvgIpc) is 2.92. The summed E-state index contributed by atoms with van der Waals surface area (Å²) in [5.74, 6) is 1.11. The third-order valence-corrected chi connectivity index (χ3v) is 4.79. The van der Waals surface area contributed by atoms with Gasteiger partial charge in [0.25, 0.3) is 0 Å². The maximum absolute atomic E-state index is 13.5. The summed E-state index contributed by atoms with van der Waals surface area (Å²) in [4.78, 5) is 4.82. The minimum atomic E-state index is -0.144. The first-order valence-electron chi connectivity index (χ1n) is 7.48. The van der Waals surface area contributed by atoms with E-state index in [0.717, 1.165) is 38.2 Å². The number of benzene rings is 1. The zero-order chi connectivity index (χ0) is 14.1. The number of hydrogen-bond acceptors (Lipinski definition) is 3. The highest BCUT2D eigenvalue weighted by atomic mass is 19.1. The van der Waals surface area contributed by atoms with Gasteiger partial charge in [-0.25, -0.2) is 4.39 Å². The molecule has 0 radical (unpaired) electrons. The Morgan fingerprint density at radius 1 is 1.30 bits per heavy atom. The Kier molecular flexibility index (Phi) is 4.06. The van der Waals surface area contributed by atoms with E-state index in [2.05, 4.69) is 16.8 Å². The van der Waals surface area contributed by atoms with Crippen LogP contribution >= 0.6 is 0 Å². The molecule has 0 amide bonds. The van der Waals surface area contributed by atoms with Crippen LogP contribution < -0.4 is 0 Å². The van der Waals surface area contributed by atoms with Crippen molar-refractivity contribution in [2.45, 2.75) is 12.5 Å². The van der Waals surface area contributed by atoms with Crippen LogP contribution in [0.4, 0.5) is 4.39 Å². The van der Waals surface area contributed by atoms with Crippen LogP contribution in [0.25, 0.3) is 0 Å². The lowest BCUT2D eigenvalue weighted by molar-refractivity contribution is 0.209. The molecule has 2 heterocycles. The van der Waals surface area contributed by atoms with Crippen molar-refractivity contribution in [1.82, 2.24) is 9.80 Å². The fourth-order valence-electron chi connectivity index (χ4n) is 4.02. The summed E-state index contributed by atoms with van der Waals surface area (Å²) in [5.41, 5.74) is 1.10. The Labute approximate surface area is 120 Å². The molecule has 0 aliphatic carbocycles. The maximum Gasteiger partial charge on any atom is 0.123 e. The molecule has 0 aromatic heterocycles. The molecule has 0 spiro atoms. The van der Waals surface area contributed by atoms with Crippen LogP contribution in [0, 0.1) is 17.7 Å². The van der Waals surface area contributed by atoms with Crippen molar-refractivity contribution in [3.63, 3.8) is 0 Å². The molecule has 2 aliphatic rings. The van der Waals surface area contributed by atoms with Crippen molar-refractivity contribution in [3.05, 3.63) is 35.6 Å². The van der Waals surface area contributed by atoms with Crippen LogP contribution in [0.5, 0.6) is 0 Å². The Hall–Kier alpha value is -0.970. The number of likely N-dealkylation sites (tertiary alicyclic amines) is 2. The molecule has 1 aromatic carbocycles. The lowest BCUT2D eigenvalue weighted by Gasteiger charge is -2.26. The molecule has 1 N–H and O–H groups in total. The van der Waals surface area contributed by atoms with Crippen molar-refractivity contribution in [2.24, 2.45) is 11.8 Å². The third kappa shape index (κ3) is 2.60. The van der Waals surface area contributed by atoms with E-state index >= 15 is 0 Å². The van der Waals surface area contributed by atoms with Crippen LogP contribution in [0.2, 0.25) is 0 Å². The second-order valence-corrected chi connectivity index (χ2v) is 6.20. The van der Waals surface area contributed by atoms with E-state index in [9.17, 15) is 4.39 Å². The van der Waals surface area contributed by atoms with Crippen molar-refractivity contribution < 1.29 is 9.50 Å². The van der Waals surface area contributed by atoms with Gasteiger partial charge in [-0.15, -0.1) is 0 Å². The first-order valence-corrected chi connectivity index (χ1v) is 7.48. The number of aliphatic hydroxyl groups excluding tert-OH is 1. The van der Waals surface area contributed by atoms with Crippen LogP contribution in [0.1, 0.15) is 18.0 Å². The van der Waals surface area contributed by atoms with Crippen LogP contribution in [0.3, 0.4) is 0 Å². The van der Waals surface area contributed by atoms with Crippen molar-refractivity contribution in [3.8, 4) is 0 Å². The van der Waals surface area contributed by atoms with Crippen molar-refractivity contribution in [1.29, 1.82) is 0 Å².